The quantitative estimate of drug-likeness (QED) is 0.878. The van der Waals surface area contributed by atoms with Gasteiger partial charge in [-0.2, -0.15) is 0 Å². The number of carbonyl (C=O) groups is 1. The summed E-state index contributed by atoms with van der Waals surface area (Å²) in [4.78, 5) is 15.3. The van der Waals surface area contributed by atoms with E-state index in [4.69, 9.17) is 0 Å². The van der Waals surface area contributed by atoms with Crippen LogP contribution in [0.3, 0.4) is 0 Å². The Morgan fingerprint density at radius 3 is 2.44 bits per heavy atom. The largest absolute Gasteiger partial charge is 0.396 e. The van der Waals surface area contributed by atoms with Crippen LogP contribution in [0.4, 0.5) is 5.69 Å². The Balaban J connectivity index is 1.86. The van der Waals surface area contributed by atoms with Gasteiger partial charge in [0.2, 0.25) is 5.91 Å². The van der Waals surface area contributed by atoms with E-state index in [1.807, 2.05) is 60.7 Å². The van der Waals surface area contributed by atoms with E-state index in [1.54, 1.807) is 0 Å². The smallest absolute Gasteiger partial charge is 0.246 e. The molecule has 0 saturated carbocycles. The highest BCUT2D eigenvalue weighted by atomic mass is 16.3. The van der Waals surface area contributed by atoms with Crippen molar-refractivity contribution in [2.45, 2.75) is 25.8 Å². The summed E-state index contributed by atoms with van der Waals surface area (Å²) in [5.41, 5.74) is 1.63. The third-order valence-electron chi connectivity index (χ3n) is 4.96. The van der Waals surface area contributed by atoms with Crippen molar-refractivity contribution >= 4 is 11.6 Å². The van der Waals surface area contributed by atoms with E-state index in [1.165, 1.54) is 0 Å². The van der Waals surface area contributed by atoms with Crippen LogP contribution in [0.1, 0.15) is 31.4 Å². The first-order valence-corrected chi connectivity index (χ1v) is 8.87. The zero-order valence-corrected chi connectivity index (χ0v) is 14.7. The van der Waals surface area contributed by atoms with Gasteiger partial charge in [0, 0.05) is 24.3 Å². The van der Waals surface area contributed by atoms with Crippen LogP contribution >= 0.6 is 0 Å². The van der Waals surface area contributed by atoms with Gasteiger partial charge in [-0.05, 0) is 37.1 Å². The minimum absolute atomic E-state index is 0.0282. The Bertz CT molecular complexity index is 690. The van der Waals surface area contributed by atoms with E-state index in [0.29, 0.717) is 6.54 Å². The predicted octanol–water partition coefficient (Wildman–Crippen LogP) is 3.46. The maximum Gasteiger partial charge on any atom is 0.246 e. The highest BCUT2D eigenvalue weighted by Crippen LogP contribution is 2.34. The van der Waals surface area contributed by atoms with Gasteiger partial charge in [-0.15, -0.1) is 0 Å². The number of amides is 1. The fraction of sp³-hybridized carbons (Fsp3) is 0.381. The second-order valence-corrected chi connectivity index (χ2v) is 7.21. The van der Waals surface area contributed by atoms with E-state index in [0.717, 1.165) is 30.6 Å². The van der Waals surface area contributed by atoms with Crippen molar-refractivity contribution in [3.05, 3.63) is 66.2 Å². The first kappa shape index (κ1) is 17.6. The van der Waals surface area contributed by atoms with Crippen LogP contribution in [-0.4, -0.2) is 35.6 Å². The molecule has 2 aromatic rings. The molecule has 0 aromatic heterocycles. The lowest BCUT2D eigenvalue weighted by molar-refractivity contribution is -0.123. The number of para-hydroxylation sites is 1. The highest BCUT2D eigenvalue weighted by molar-refractivity contribution is 5.95. The Morgan fingerprint density at radius 1 is 1.16 bits per heavy atom. The van der Waals surface area contributed by atoms with Crippen molar-refractivity contribution in [3.63, 3.8) is 0 Å². The number of hydrogen-bond acceptors (Lipinski definition) is 3. The van der Waals surface area contributed by atoms with E-state index >= 15 is 0 Å². The van der Waals surface area contributed by atoms with Crippen LogP contribution in [0.15, 0.2) is 60.7 Å². The van der Waals surface area contributed by atoms with Gasteiger partial charge in [0.05, 0.1) is 0 Å². The zero-order valence-electron chi connectivity index (χ0n) is 14.7. The maximum atomic E-state index is 13.1. The summed E-state index contributed by atoms with van der Waals surface area (Å²) in [7, 11) is 0. The molecule has 1 heterocycles. The summed E-state index contributed by atoms with van der Waals surface area (Å²) in [6, 6.07) is 19.1. The molecule has 25 heavy (non-hydrogen) atoms. The van der Waals surface area contributed by atoms with Crippen LogP contribution < -0.4 is 5.32 Å². The molecule has 1 aliphatic heterocycles. The fourth-order valence-electron chi connectivity index (χ4n) is 3.60. The van der Waals surface area contributed by atoms with E-state index in [9.17, 15) is 9.90 Å². The number of aliphatic hydroxyl groups is 1. The molecule has 0 spiro atoms. The molecule has 3 rings (SSSR count). The van der Waals surface area contributed by atoms with Gasteiger partial charge in [-0.1, -0.05) is 55.5 Å². The zero-order chi connectivity index (χ0) is 17.7. The molecular formula is C21H26N2O2. The van der Waals surface area contributed by atoms with E-state index in [2.05, 4.69) is 17.1 Å². The number of aliphatic hydroxyl groups excluding tert-OH is 1. The Hall–Kier alpha value is -2.17. The number of rotatable bonds is 5. The molecule has 132 valence electrons. The van der Waals surface area contributed by atoms with Crippen LogP contribution in [0.5, 0.6) is 0 Å². The van der Waals surface area contributed by atoms with E-state index < -0.39 is 0 Å². The summed E-state index contributed by atoms with van der Waals surface area (Å²) in [6.07, 6.45) is 1.97. The number of benzene rings is 2. The second kappa shape index (κ2) is 7.81. The van der Waals surface area contributed by atoms with Gasteiger partial charge in [-0.25, -0.2) is 0 Å². The van der Waals surface area contributed by atoms with Gasteiger partial charge < -0.3 is 10.4 Å². The van der Waals surface area contributed by atoms with Gasteiger partial charge in [0.25, 0.3) is 0 Å². The van der Waals surface area contributed by atoms with Crippen molar-refractivity contribution in [3.8, 4) is 0 Å². The van der Waals surface area contributed by atoms with Crippen molar-refractivity contribution in [2.75, 3.05) is 25.0 Å². The summed E-state index contributed by atoms with van der Waals surface area (Å²) in [5, 5.41) is 12.8. The number of likely N-dealkylation sites (tertiary alicyclic amines) is 1. The highest BCUT2D eigenvalue weighted by Gasteiger charge is 2.36. The summed E-state index contributed by atoms with van der Waals surface area (Å²) in [5.74, 6) is -0.0282. The third kappa shape index (κ3) is 4.27. The van der Waals surface area contributed by atoms with Gasteiger partial charge in [0.1, 0.15) is 6.04 Å². The summed E-state index contributed by atoms with van der Waals surface area (Å²) >= 11 is 0. The average molecular weight is 338 g/mol. The van der Waals surface area contributed by atoms with E-state index in [-0.39, 0.29) is 24.0 Å². The van der Waals surface area contributed by atoms with Crippen molar-refractivity contribution < 1.29 is 9.90 Å². The molecule has 1 fully saturated rings. The first-order chi connectivity index (χ1) is 12.1. The number of hydrogen-bond donors (Lipinski definition) is 2. The number of nitrogens with zero attached hydrogens (tertiary/aromatic N) is 1. The molecule has 4 nitrogen and oxygen atoms in total. The lowest BCUT2D eigenvalue weighted by atomic mass is 9.81. The molecule has 0 radical (unpaired) electrons. The molecule has 2 atom stereocenters. The van der Waals surface area contributed by atoms with Crippen molar-refractivity contribution in [2.24, 2.45) is 5.41 Å². The second-order valence-electron chi connectivity index (χ2n) is 7.21. The molecular weight excluding hydrogens is 312 g/mol. The molecule has 1 amide bonds. The Labute approximate surface area is 149 Å². The molecule has 2 N–H and O–H groups in total. The lowest BCUT2D eigenvalue weighted by Gasteiger charge is -2.42. The van der Waals surface area contributed by atoms with Crippen molar-refractivity contribution in [1.29, 1.82) is 0 Å². The minimum atomic E-state index is -0.354. The number of carbonyl (C=O) groups excluding carboxylic acids is 1. The maximum absolute atomic E-state index is 13.1. The molecule has 2 unspecified atom stereocenters. The molecule has 0 aliphatic carbocycles. The third-order valence-corrected chi connectivity index (χ3v) is 4.96. The van der Waals surface area contributed by atoms with Crippen LogP contribution in [-0.2, 0) is 4.79 Å². The number of anilines is 1. The van der Waals surface area contributed by atoms with Gasteiger partial charge >= 0.3 is 0 Å². The Kier molecular flexibility index (Phi) is 5.51. The average Bonchev–Trinajstić information content (AvgIpc) is 2.64. The van der Waals surface area contributed by atoms with Gasteiger partial charge in [-0.3, -0.25) is 9.69 Å². The fourth-order valence-corrected chi connectivity index (χ4v) is 3.60. The first-order valence-electron chi connectivity index (χ1n) is 8.87. The number of nitrogens with one attached hydrogen (secondary N) is 1. The Morgan fingerprint density at radius 2 is 1.80 bits per heavy atom. The van der Waals surface area contributed by atoms with Gasteiger partial charge in [0.15, 0.2) is 0 Å². The van der Waals surface area contributed by atoms with Crippen LogP contribution in [0, 0.1) is 5.41 Å². The molecule has 2 aromatic carbocycles. The summed E-state index contributed by atoms with van der Waals surface area (Å²) < 4.78 is 0. The molecule has 1 aliphatic rings. The minimum Gasteiger partial charge on any atom is -0.396 e. The SMILES string of the molecule is CC1(CO)CCCN(C(C(=O)Nc2ccccc2)c2ccccc2)C1. The number of piperidine rings is 1. The standard InChI is InChI=1S/C21H26N2O2/c1-21(16-24)13-8-14-23(15-21)19(17-9-4-2-5-10-17)20(25)22-18-11-6-3-7-12-18/h2-7,9-12,19,24H,8,13-16H2,1H3,(H,22,25). The van der Waals surface area contributed by atoms with Crippen LogP contribution in [0.2, 0.25) is 0 Å². The van der Waals surface area contributed by atoms with Crippen molar-refractivity contribution in [1.82, 2.24) is 4.90 Å². The molecule has 0 bridgehead atoms. The topological polar surface area (TPSA) is 52.6 Å². The normalized spacial score (nSPS) is 22.3. The van der Waals surface area contributed by atoms with Crippen LogP contribution in [0.25, 0.3) is 0 Å². The molecule has 1 saturated heterocycles. The summed E-state index contributed by atoms with van der Waals surface area (Å²) in [6.45, 7) is 3.81. The predicted molar refractivity (Wildman–Crippen MR) is 100 cm³/mol. The monoisotopic (exact) mass is 338 g/mol. The lowest BCUT2D eigenvalue weighted by Crippen LogP contribution is -2.48. The molecule has 4 heteroatoms.